The molecule has 1 aliphatic rings. The molecule has 1 aliphatic heterocycles. The third kappa shape index (κ3) is 9.12. The van der Waals surface area contributed by atoms with E-state index in [0.717, 1.165) is 43.6 Å². The molecule has 0 aliphatic carbocycles. The number of esters is 1. The average molecular weight is 600 g/mol. The molecule has 1 unspecified atom stereocenters. The van der Waals surface area contributed by atoms with Gasteiger partial charge in [-0.1, -0.05) is 85.8 Å². The molecule has 3 aromatic rings. The van der Waals surface area contributed by atoms with Gasteiger partial charge in [-0.05, 0) is 55.0 Å². The molecular weight excluding hydrogens is 558 g/mol. The van der Waals surface area contributed by atoms with Crippen LogP contribution in [0.25, 0.3) is 0 Å². The second-order valence-electron chi connectivity index (χ2n) is 10.4. The van der Waals surface area contributed by atoms with Crippen LogP contribution in [0, 0.1) is 5.92 Å². The number of nitrogens with zero attached hydrogens (tertiary/aromatic N) is 2. The first-order chi connectivity index (χ1) is 19.4. The van der Waals surface area contributed by atoms with Crippen molar-refractivity contribution in [3.8, 4) is 0 Å². The molecule has 3 atom stereocenters. The molecule has 7 nitrogen and oxygen atoms in total. The van der Waals surface area contributed by atoms with Gasteiger partial charge < -0.3 is 10.1 Å². The Hall–Kier alpha value is -2.75. The van der Waals surface area contributed by atoms with Crippen LogP contribution in [0.5, 0.6) is 0 Å². The highest BCUT2D eigenvalue weighted by atomic mass is 35.5. The highest BCUT2D eigenvalue weighted by Gasteiger charge is 2.33. The summed E-state index contributed by atoms with van der Waals surface area (Å²) >= 11 is 0. The number of rotatable bonds is 13. The largest absolute Gasteiger partial charge is 0.461 e. The van der Waals surface area contributed by atoms with E-state index in [9.17, 15) is 13.2 Å². The third-order valence-corrected chi connectivity index (χ3v) is 9.51. The SMILES string of the molecule is CCN[C@@H]1CC(C(=O)OCc2ccccc2)CCN1CC[C@@H](CN(C)S(=O)(=O)c1ccccc1)c1ccccc1.Cl. The quantitative estimate of drug-likeness (QED) is 0.269. The van der Waals surface area contributed by atoms with Gasteiger partial charge in [-0.2, -0.15) is 0 Å². The first kappa shape index (κ1) is 32.8. The minimum atomic E-state index is -3.59. The molecule has 0 aromatic heterocycles. The maximum Gasteiger partial charge on any atom is 0.309 e. The number of likely N-dealkylation sites (tertiary alicyclic amines) is 1. The molecule has 0 spiro atoms. The van der Waals surface area contributed by atoms with Crippen LogP contribution < -0.4 is 5.32 Å². The van der Waals surface area contributed by atoms with Crippen molar-refractivity contribution in [1.82, 2.24) is 14.5 Å². The number of halogens is 1. The third-order valence-electron chi connectivity index (χ3n) is 7.67. The Kier molecular flexibility index (Phi) is 12.8. The van der Waals surface area contributed by atoms with Crippen LogP contribution in [0.1, 0.15) is 43.2 Å². The molecule has 3 aromatic carbocycles. The topological polar surface area (TPSA) is 79.0 Å². The van der Waals surface area contributed by atoms with Crippen LogP contribution in [0.4, 0.5) is 0 Å². The number of likely N-dealkylation sites (N-methyl/N-ethyl adjacent to an activating group) is 1. The van der Waals surface area contributed by atoms with Crippen molar-refractivity contribution < 1.29 is 17.9 Å². The lowest BCUT2D eigenvalue weighted by Crippen LogP contribution is -2.52. The van der Waals surface area contributed by atoms with E-state index in [1.165, 1.54) is 4.31 Å². The summed E-state index contributed by atoms with van der Waals surface area (Å²) in [6.45, 7) is 5.13. The van der Waals surface area contributed by atoms with Crippen molar-refractivity contribution in [3.63, 3.8) is 0 Å². The maximum absolute atomic E-state index is 13.2. The lowest BCUT2D eigenvalue weighted by molar-refractivity contribution is -0.152. The lowest BCUT2D eigenvalue weighted by atomic mass is 9.92. The van der Waals surface area contributed by atoms with Crippen LogP contribution in [-0.4, -0.2) is 63.0 Å². The summed E-state index contributed by atoms with van der Waals surface area (Å²) in [6, 6.07) is 28.5. The number of hydrogen-bond acceptors (Lipinski definition) is 6. The van der Waals surface area contributed by atoms with Crippen LogP contribution in [0.15, 0.2) is 95.9 Å². The smallest absolute Gasteiger partial charge is 0.309 e. The molecule has 0 amide bonds. The predicted octanol–water partition coefficient (Wildman–Crippen LogP) is 5.29. The molecule has 1 saturated heterocycles. The molecule has 41 heavy (non-hydrogen) atoms. The predicted molar refractivity (Wildman–Crippen MR) is 165 cm³/mol. The normalized spacial score (nSPS) is 18.4. The monoisotopic (exact) mass is 599 g/mol. The molecule has 0 bridgehead atoms. The zero-order chi connectivity index (χ0) is 28.4. The summed E-state index contributed by atoms with van der Waals surface area (Å²) in [7, 11) is -1.93. The number of hydrogen-bond donors (Lipinski definition) is 1. The van der Waals surface area contributed by atoms with Crippen molar-refractivity contribution in [3.05, 3.63) is 102 Å². The molecule has 1 heterocycles. The Balaban J connectivity index is 0.00000462. The van der Waals surface area contributed by atoms with Gasteiger partial charge in [0, 0.05) is 26.7 Å². The summed E-state index contributed by atoms with van der Waals surface area (Å²) in [6.07, 6.45) is 2.30. The minimum absolute atomic E-state index is 0. The van der Waals surface area contributed by atoms with E-state index in [1.54, 1.807) is 31.3 Å². The standard InChI is InChI=1S/C32H41N3O4S.ClH/c1-3-33-31-23-28(32(36)39-25-26-13-7-4-8-14-26)19-21-35(31)22-20-29(27-15-9-5-10-16-27)24-34(2)40(37,38)30-17-11-6-12-18-30;/h4-18,28-29,31,33H,3,19-25H2,1-2H3;1H/t28?,29-,31-;/m0./s1. The zero-order valence-corrected chi connectivity index (χ0v) is 25.5. The van der Waals surface area contributed by atoms with Crippen molar-refractivity contribution in [2.45, 2.75) is 49.8 Å². The molecular formula is C32H42ClN3O4S. The Morgan fingerprint density at radius 2 is 1.61 bits per heavy atom. The average Bonchev–Trinajstić information content (AvgIpc) is 2.99. The lowest BCUT2D eigenvalue weighted by Gasteiger charge is -2.40. The fraction of sp³-hybridized carbons (Fsp3) is 0.406. The van der Waals surface area contributed by atoms with E-state index in [2.05, 4.69) is 29.3 Å². The highest BCUT2D eigenvalue weighted by molar-refractivity contribution is 7.89. The van der Waals surface area contributed by atoms with Crippen molar-refractivity contribution in [2.24, 2.45) is 5.92 Å². The van der Waals surface area contributed by atoms with Gasteiger partial charge in [0.05, 0.1) is 17.0 Å². The number of sulfonamides is 1. The van der Waals surface area contributed by atoms with Crippen LogP contribution >= 0.6 is 12.4 Å². The first-order valence-electron chi connectivity index (χ1n) is 14.1. The van der Waals surface area contributed by atoms with Crippen LogP contribution in [0.2, 0.25) is 0 Å². The first-order valence-corrected chi connectivity index (χ1v) is 15.6. The summed E-state index contributed by atoms with van der Waals surface area (Å²) < 4.78 is 33.6. The second-order valence-corrected chi connectivity index (χ2v) is 12.5. The van der Waals surface area contributed by atoms with Gasteiger partial charge in [0.15, 0.2) is 0 Å². The van der Waals surface area contributed by atoms with Gasteiger partial charge in [-0.3, -0.25) is 9.69 Å². The van der Waals surface area contributed by atoms with Gasteiger partial charge in [-0.15, -0.1) is 12.4 Å². The Morgan fingerprint density at radius 1 is 1.00 bits per heavy atom. The van der Waals surface area contributed by atoms with Crippen LogP contribution in [-0.2, 0) is 26.2 Å². The van der Waals surface area contributed by atoms with Gasteiger partial charge in [-0.25, -0.2) is 12.7 Å². The van der Waals surface area contributed by atoms with Gasteiger partial charge >= 0.3 is 5.97 Å². The maximum atomic E-state index is 13.2. The van der Waals surface area contributed by atoms with E-state index in [4.69, 9.17) is 4.74 Å². The number of carbonyl (C=O) groups excluding carboxylic acids is 1. The van der Waals surface area contributed by atoms with E-state index >= 15 is 0 Å². The Morgan fingerprint density at radius 3 is 2.24 bits per heavy atom. The summed E-state index contributed by atoms with van der Waals surface area (Å²) in [5.41, 5.74) is 2.11. The van der Waals surface area contributed by atoms with Gasteiger partial charge in [0.2, 0.25) is 10.0 Å². The molecule has 1 N–H and O–H groups in total. The Bertz CT molecular complexity index is 1300. The summed E-state index contributed by atoms with van der Waals surface area (Å²) in [5, 5.41) is 3.56. The van der Waals surface area contributed by atoms with Crippen molar-refractivity contribution in [2.75, 3.05) is 33.2 Å². The van der Waals surface area contributed by atoms with E-state index in [-0.39, 0.29) is 36.4 Å². The van der Waals surface area contributed by atoms with E-state index in [0.29, 0.717) is 24.5 Å². The van der Waals surface area contributed by atoms with Crippen LogP contribution in [0.3, 0.4) is 0 Å². The minimum Gasteiger partial charge on any atom is -0.461 e. The number of nitrogens with one attached hydrogen (secondary N) is 1. The fourth-order valence-corrected chi connectivity index (χ4v) is 6.62. The van der Waals surface area contributed by atoms with Crippen molar-refractivity contribution in [1.29, 1.82) is 0 Å². The molecule has 0 radical (unpaired) electrons. The van der Waals surface area contributed by atoms with Gasteiger partial charge in [0.25, 0.3) is 0 Å². The Labute approximate surface area is 251 Å². The molecule has 0 saturated carbocycles. The second kappa shape index (κ2) is 16.0. The number of carbonyl (C=O) groups is 1. The summed E-state index contributed by atoms with van der Waals surface area (Å²) in [5.74, 6) is -0.252. The number of piperidine rings is 1. The molecule has 4 rings (SSSR count). The fourth-order valence-electron chi connectivity index (χ4n) is 5.38. The number of ether oxygens (including phenoxy) is 1. The molecule has 9 heteroatoms. The van der Waals surface area contributed by atoms with Crippen molar-refractivity contribution >= 4 is 28.4 Å². The van der Waals surface area contributed by atoms with E-state index < -0.39 is 10.0 Å². The summed E-state index contributed by atoms with van der Waals surface area (Å²) in [4.78, 5) is 15.6. The molecule has 1 fully saturated rings. The number of benzene rings is 3. The zero-order valence-electron chi connectivity index (χ0n) is 23.9. The van der Waals surface area contributed by atoms with Gasteiger partial charge in [0.1, 0.15) is 6.61 Å². The molecule has 222 valence electrons. The van der Waals surface area contributed by atoms with E-state index in [1.807, 2.05) is 54.6 Å². The highest BCUT2D eigenvalue weighted by Crippen LogP contribution is 2.28.